The fraction of sp³-hybridized carbons (Fsp3) is 0.200. The normalized spacial score (nSPS) is 9.56. The number of ether oxygens (including phenoxy) is 1. The zero-order valence-electron chi connectivity index (χ0n) is 8.69. The number of carbonyl (C=O) groups is 2. The zero-order valence-corrected chi connectivity index (χ0v) is 8.69. The van der Waals surface area contributed by atoms with Crippen molar-refractivity contribution >= 4 is 17.6 Å². The second kappa shape index (κ2) is 5.01. The molecule has 0 spiro atoms. The predicted octanol–water partition coefficient (Wildman–Crippen LogP) is 0.0918. The Balaban J connectivity index is 2.86. The molecule has 0 fully saturated rings. The Hall–Kier alpha value is -2.24. The molecule has 4 N–H and O–H groups in total. The van der Waals surface area contributed by atoms with Gasteiger partial charge in [0.2, 0.25) is 0 Å². The Kier molecular flexibility index (Phi) is 3.71. The highest BCUT2D eigenvalue weighted by atomic mass is 16.5. The van der Waals surface area contributed by atoms with Gasteiger partial charge in [-0.3, -0.25) is 9.59 Å². The van der Waals surface area contributed by atoms with Gasteiger partial charge >= 0.3 is 5.97 Å². The quantitative estimate of drug-likeness (QED) is 0.629. The second-order valence-corrected chi connectivity index (χ2v) is 3.04. The zero-order chi connectivity index (χ0) is 12.1. The summed E-state index contributed by atoms with van der Waals surface area (Å²) in [5.74, 6) is -1.31. The molecule has 6 nitrogen and oxygen atoms in total. The fourth-order valence-electron chi connectivity index (χ4n) is 1.15. The smallest absolute Gasteiger partial charge is 0.322 e. The highest BCUT2D eigenvalue weighted by Gasteiger charge is 2.12. The van der Waals surface area contributed by atoms with E-state index in [4.69, 9.17) is 15.6 Å². The van der Waals surface area contributed by atoms with Crippen LogP contribution in [0.2, 0.25) is 0 Å². The van der Waals surface area contributed by atoms with E-state index in [1.165, 1.54) is 25.3 Å². The number of aliphatic carboxylic acids is 1. The van der Waals surface area contributed by atoms with Gasteiger partial charge in [0.15, 0.2) is 0 Å². The van der Waals surface area contributed by atoms with Gasteiger partial charge in [-0.1, -0.05) is 0 Å². The van der Waals surface area contributed by atoms with Gasteiger partial charge < -0.3 is 20.9 Å². The fourth-order valence-corrected chi connectivity index (χ4v) is 1.15. The van der Waals surface area contributed by atoms with E-state index >= 15 is 0 Å². The van der Waals surface area contributed by atoms with E-state index in [1.807, 2.05) is 0 Å². The number of nitrogen functional groups attached to an aromatic ring is 1. The van der Waals surface area contributed by atoms with Crippen LogP contribution in [0.3, 0.4) is 0 Å². The Morgan fingerprint density at radius 3 is 2.75 bits per heavy atom. The third-order valence-corrected chi connectivity index (χ3v) is 1.87. The molecule has 1 rings (SSSR count). The number of benzene rings is 1. The van der Waals surface area contributed by atoms with Gasteiger partial charge in [-0.25, -0.2) is 0 Å². The number of anilines is 1. The Bertz CT molecular complexity index is 417. The van der Waals surface area contributed by atoms with E-state index in [1.54, 1.807) is 0 Å². The van der Waals surface area contributed by atoms with Crippen LogP contribution in [0.5, 0.6) is 5.75 Å². The van der Waals surface area contributed by atoms with Gasteiger partial charge in [0, 0.05) is 11.8 Å². The van der Waals surface area contributed by atoms with Crippen molar-refractivity contribution in [1.82, 2.24) is 5.32 Å². The van der Waals surface area contributed by atoms with E-state index in [2.05, 4.69) is 5.32 Å². The van der Waals surface area contributed by atoms with Crippen LogP contribution in [-0.2, 0) is 4.79 Å². The van der Waals surface area contributed by atoms with Gasteiger partial charge in [0.05, 0.1) is 12.7 Å². The molecular formula is C10H12N2O4. The number of carboxylic acid groups (broad SMARTS) is 1. The van der Waals surface area contributed by atoms with Gasteiger partial charge in [-0.15, -0.1) is 0 Å². The minimum absolute atomic E-state index is 0.248. The molecule has 0 aliphatic rings. The van der Waals surface area contributed by atoms with E-state index < -0.39 is 18.4 Å². The lowest BCUT2D eigenvalue weighted by atomic mass is 10.1. The second-order valence-electron chi connectivity index (χ2n) is 3.04. The van der Waals surface area contributed by atoms with Crippen molar-refractivity contribution in [2.75, 3.05) is 19.4 Å². The number of carboxylic acids is 1. The van der Waals surface area contributed by atoms with Gasteiger partial charge in [-0.05, 0) is 12.1 Å². The number of nitrogens with one attached hydrogen (secondary N) is 1. The lowest BCUT2D eigenvalue weighted by Crippen LogP contribution is -2.29. The van der Waals surface area contributed by atoms with Crippen molar-refractivity contribution in [2.45, 2.75) is 0 Å². The van der Waals surface area contributed by atoms with E-state index in [9.17, 15) is 9.59 Å². The van der Waals surface area contributed by atoms with Crippen LogP contribution in [0.1, 0.15) is 10.4 Å². The molecule has 0 saturated heterocycles. The maximum absolute atomic E-state index is 11.5. The first-order valence-electron chi connectivity index (χ1n) is 4.48. The van der Waals surface area contributed by atoms with Crippen LogP contribution in [0, 0.1) is 0 Å². The highest BCUT2D eigenvalue weighted by Crippen LogP contribution is 2.21. The van der Waals surface area contributed by atoms with E-state index in [0.29, 0.717) is 11.4 Å². The minimum Gasteiger partial charge on any atom is -0.496 e. The summed E-state index contributed by atoms with van der Waals surface area (Å²) in [5.41, 5.74) is 6.23. The highest BCUT2D eigenvalue weighted by molar-refractivity contribution is 5.98. The van der Waals surface area contributed by atoms with Crippen molar-refractivity contribution in [1.29, 1.82) is 0 Å². The van der Waals surface area contributed by atoms with Crippen LogP contribution in [0.4, 0.5) is 5.69 Å². The molecule has 0 aliphatic carbocycles. The van der Waals surface area contributed by atoms with E-state index in [0.717, 1.165) is 0 Å². The molecule has 86 valence electrons. The molecule has 0 aliphatic heterocycles. The van der Waals surface area contributed by atoms with Crippen molar-refractivity contribution in [3.63, 3.8) is 0 Å². The van der Waals surface area contributed by atoms with Crippen LogP contribution >= 0.6 is 0 Å². The molecule has 0 heterocycles. The van der Waals surface area contributed by atoms with Gasteiger partial charge in [-0.2, -0.15) is 0 Å². The van der Waals surface area contributed by atoms with Crippen molar-refractivity contribution in [2.24, 2.45) is 0 Å². The summed E-state index contributed by atoms with van der Waals surface area (Å²) in [7, 11) is 1.41. The molecule has 0 bridgehead atoms. The first-order valence-corrected chi connectivity index (χ1v) is 4.48. The van der Waals surface area contributed by atoms with Crippen LogP contribution < -0.4 is 15.8 Å². The van der Waals surface area contributed by atoms with E-state index in [-0.39, 0.29) is 5.56 Å². The summed E-state index contributed by atoms with van der Waals surface area (Å²) in [6, 6.07) is 4.51. The molecule has 16 heavy (non-hydrogen) atoms. The number of nitrogens with two attached hydrogens (primary N) is 1. The number of amides is 1. The molecule has 0 aromatic heterocycles. The number of hydrogen-bond donors (Lipinski definition) is 3. The number of rotatable bonds is 4. The summed E-state index contributed by atoms with van der Waals surface area (Å²) in [4.78, 5) is 21.8. The summed E-state index contributed by atoms with van der Waals surface area (Å²) in [6.45, 7) is -0.438. The molecule has 0 saturated carbocycles. The summed E-state index contributed by atoms with van der Waals surface area (Å²) >= 11 is 0. The monoisotopic (exact) mass is 224 g/mol. The number of methoxy groups -OCH3 is 1. The molecule has 6 heteroatoms. The predicted molar refractivity (Wildman–Crippen MR) is 57.4 cm³/mol. The summed E-state index contributed by atoms with van der Waals surface area (Å²) in [5, 5.41) is 10.6. The molecule has 1 aromatic rings. The maximum Gasteiger partial charge on any atom is 0.322 e. The molecule has 0 radical (unpaired) electrons. The molecule has 0 atom stereocenters. The van der Waals surface area contributed by atoms with Crippen molar-refractivity contribution in [3.8, 4) is 5.75 Å². The largest absolute Gasteiger partial charge is 0.496 e. The van der Waals surface area contributed by atoms with Crippen molar-refractivity contribution in [3.05, 3.63) is 23.8 Å². The first-order chi connectivity index (χ1) is 7.54. The Morgan fingerprint density at radius 1 is 1.50 bits per heavy atom. The Morgan fingerprint density at radius 2 is 2.19 bits per heavy atom. The number of hydrogen-bond acceptors (Lipinski definition) is 4. The van der Waals surface area contributed by atoms with Crippen molar-refractivity contribution < 1.29 is 19.4 Å². The first kappa shape index (κ1) is 11.8. The SMILES string of the molecule is COc1cc(N)ccc1C(=O)NCC(=O)O. The third-order valence-electron chi connectivity index (χ3n) is 1.87. The van der Waals surface area contributed by atoms with Gasteiger partial charge in [0.1, 0.15) is 12.3 Å². The minimum atomic E-state index is -1.11. The molecule has 1 aromatic carbocycles. The Labute approximate surface area is 92.0 Å². The van der Waals surface area contributed by atoms with Crippen LogP contribution in [0.25, 0.3) is 0 Å². The maximum atomic E-state index is 11.5. The van der Waals surface area contributed by atoms with Crippen LogP contribution in [0.15, 0.2) is 18.2 Å². The topological polar surface area (TPSA) is 102 Å². The lowest BCUT2D eigenvalue weighted by Gasteiger charge is -2.08. The average Bonchev–Trinajstić information content (AvgIpc) is 2.25. The van der Waals surface area contributed by atoms with Crippen LogP contribution in [-0.4, -0.2) is 30.6 Å². The number of carbonyl (C=O) groups excluding carboxylic acids is 1. The van der Waals surface area contributed by atoms with Gasteiger partial charge in [0.25, 0.3) is 5.91 Å². The average molecular weight is 224 g/mol. The third kappa shape index (κ3) is 2.88. The summed E-state index contributed by atoms with van der Waals surface area (Å²) < 4.78 is 4.97. The lowest BCUT2D eigenvalue weighted by molar-refractivity contribution is -0.135. The standard InChI is InChI=1S/C10H12N2O4/c1-16-8-4-6(11)2-3-7(8)10(15)12-5-9(13)14/h2-4H,5,11H2,1H3,(H,12,15)(H,13,14). The molecular weight excluding hydrogens is 212 g/mol. The molecule has 0 unspecified atom stereocenters. The molecule has 1 amide bonds. The summed E-state index contributed by atoms with van der Waals surface area (Å²) in [6.07, 6.45) is 0.